The first-order valence-electron chi connectivity index (χ1n) is 6.67. The van der Waals surface area contributed by atoms with Gasteiger partial charge in [0, 0.05) is 24.2 Å². The van der Waals surface area contributed by atoms with E-state index in [-0.39, 0.29) is 23.3 Å². The molecule has 0 radical (unpaired) electrons. The van der Waals surface area contributed by atoms with Crippen molar-refractivity contribution < 1.29 is 14.3 Å². The van der Waals surface area contributed by atoms with Gasteiger partial charge in [0.05, 0.1) is 5.56 Å². The van der Waals surface area contributed by atoms with E-state index in [0.29, 0.717) is 12.1 Å². The maximum absolute atomic E-state index is 12.9. The van der Waals surface area contributed by atoms with Crippen LogP contribution in [0.5, 0.6) is 5.75 Å². The second-order valence-electron chi connectivity index (χ2n) is 5.44. The lowest BCUT2D eigenvalue weighted by Gasteiger charge is -2.29. The van der Waals surface area contributed by atoms with Gasteiger partial charge in [-0.05, 0) is 37.8 Å². The van der Waals surface area contributed by atoms with E-state index in [9.17, 15) is 14.3 Å². The maximum Gasteiger partial charge on any atom is 0.255 e. The number of hydrogen-bond acceptors (Lipinski definition) is 3. The van der Waals surface area contributed by atoms with Crippen LogP contribution in [0.2, 0.25) is 0 Å². The number of piperidine rings is 1. The lowest BCUT2D eigenvalue weighted by Crippen LogP contribution is -2.48. The Morgan fingerprint density at radius 2 is 2.00 bits per heavy atom. The van der Waals surface area contributed by atoms with Crippen molar-refractivity contribution >= 4 is 5.91 Å². The number of benzene rings is 1. The minimum absolute atomic E-state index is 0.132. The van der Waals surface area contributed by atoms with Gasteiger partial charge in [0.2, 0.25) is 0 Å². The largest absolute Gasteiger partial charge is 0.507 e. The van der Waals surface area contributed by atoms with Crippen LogP contribution in [0.4, 0.5) is 4.39 Å². The summed E-state index contributed by atoms with van der Waals surface area (Å²) in [5, 5.41) is 16.0. The molecule has 1 aromatic rings. The molecule has 0 aromatic heterocycles. The van der Waals surface area contributed by atoms with Gasteiger partial charge in [-0.1, -0.05) is 0 Å². The van der Waals surface area contributed by atoms with E-state index in [1.54, 1.807) is 0 Å². The molecule has 5 heteroatoms. The van der Waals surface area contributed by atoms with Crippen LogP contribution >= 0.6 is 0 Å². The Morgan fingerprint density at radius 1 is 1.32 bits per heavy atom. The molecule has 3 N–H and O–H groups in total. The topological polar surface area (TPSA) is 61.4 Å². The summed E-state index contributed by atoms with van der Waals surface area (Å²) >= 11 is 0. The molecule has 2 aliphatic rings. The number of phenols is 1. The molecular formula is C14H17FN2O2. The van der Waals surface area contributed by atoms with Gasteiger partial charge in [-0.3, -0.25) is 4.79 Å². The fraction of sp³-hybridized carbons (Fsp3) is 0.500. The molecular weight excluding hydrogens is 247 g/mol. The lowest BCUT2D eigenvalue weighted by molar-refractivity contribution is 0.0921. The van der Waals surface area contributed by atoms with Gasteiger partial charge in [0.15, 0.2) is 0 Å². The summed E-state index contributed by atoms with van der Waals surface area (Å²) in [5.74, 6) is -1.19. The Bertz CT molecular complexity index is 494. The van der Waals surface area contributed by atoms with Gasteiger partial charge in [0.25, 0.3) is 5.91 Å². The molecule has 1 amide bonds. The van der Waals surface area contributed by atoms with Crippen molar-refractivity contribution in [3.8, 4) is 5.75 Å². The highest BCUT2D eigenvalue weighted by Crippen LogP contribution is 2.27. The molecule has 4 nitrogen and oxygen atoms in total. The molecule has 1 aromatic carbocycles. The average molecular weight is 264 g/mol. The number of hydrogen-bond donors (Lipinski definition) is 3. The Hall–Kier alpha value is -1.62. The normalized spacial score (nSPS) is 29.2. The number of fused-ring (bicyclic) bond motifs is 2. The van der Waals surface area contributed by atoms with Crippen LogP contribution in [0.15, 0.2) is 18.2 Å². The summed E-state index contributed by atoms with van der Waals surface area (Å²) in [7, 11) is 0. The van der Waals surface area contributed by atoms with Gasteiger partial charge in [-0.15, -0.1) is 0 Å². The molecule has 0 aliphatic carbocycles. The second-order valence-corrected chi connectivity index (χ2v) is 5.44. The average Bonchev–Trinajstić information content (AvgIpc) is 2.68. The van der Waals surface area contributed by atoms with Crippen molar-refractivity contribution in [2.45, 2.75) is 43.8 Å². The number of aromatic hydroxyl groups is 1. The summed E-state index contributed by atoms with van der Waals surface area (Å²) in [6, 6.07) is 4.57. The van der Waals surface area contributed by atoms with Crippen molar-refractivity contribution in [2.24, 2.45) is 0 Å². The molecule has 19 heavy (non-hydrogen) atoms. The van der Waals surface area contributed by atoms with Gasteiger partial charge >= 0.3 is 0 Å². The number of phenolic OH excluding ortho intramolecular Hbond substituents is 1. The molecule has 2 atom stereocenters. The predicted molar refractivity (Wildman–Crippen MR) is 68.5 cm³/mol. The highest BCUT2D eigenvalue weighted by Gasteiger charge is 2.34. The van der Waals surface area contributed by atoms with E-state index >= 15 is 0 Å². The zero-order valence-corrected chi connectivity index (χ0v) is 10.5. The van der Waals surface area contributed by atoms with E-state index in [2.05, 4.69) is 10.6 Å². The van der Waals surface area contributed by atoms with Crippen molar-refractivity contribution in [2.75, 3.05) is 0 Å². The monoisotopic (exact) mass is 264 g/mol. The van der Waals surface area contributed by atoms with Crippen LogP contribution in [0.1, 0.15) is 36.0 Å². The molecule has 2 unspecified atom stereocenters. The van der Waals surface area contributed by atoms with E-state index in [1.807, 2.05) is 0 Å². The zero-order valence-electron chi connectivity index (χ0n) is 10.5. The molecule has 2 saturated heterocycles. The fourth-order valence-corrected chi connectivity index (χ4v) is 3.14. The molecule has 2 bridgehead atoms. The van der Waals surface area contributed by atoms with Gasteiger partial charge < -0.3 is 15.7 Å². The quantitative estimate of drug-likeness (QED) is 0.759. The van der Waals surface area contributed by atoms with Gasteiger partial charge in [-0.25, -0.2) is 4.39 Å². The molecule has 2 aliphatic heterocycles. The van der Waals surface area contributed by atoms with Crippen molar-refractivity contribution in [1.82, 2.24) is 10.6 Å². The first-order chi connectivity index (χ1) is 9.11. The lowest BCUT2D eigenvalue weighted by atomic mass is 9.99. The minimum atomic E-state index is -0.547. The summed E-state index contributed by atoms with van der Waals surface area (Å²) in [6.07, 6.45) is 4.17. The van der Waals surface area contributed by atoms with Gasteiger partial charge in [0.1, 0.15) is 11.6 Å². The third-order valence-corrected chi connectivity index (χ3v) is 4.01. The number of carbonyl (C=O) groups is 1. The minimum Gasteiger partial charge on any atom is -0.507 e. The zero-order chi connectivity index (χ0) is 13.4. The first-order valence-corrected chi connectivity index (χ1v) is 6.67. The van der Waals surface area contributed by atoms with E-state index in [0.717, 1.165) is 18.9 Å². The number of rotatable bonds is 2. The predicted octanol–water partition coefficient (Wildman–Crippen LogP) is 1.54. The molecule has 102 valence electrons. The van der Waals surface area contributed by atoms with Crippen LogP contribution < -0.4 is 10.6 Å². The Morgan fingerprint density at radius 3 is 2.63 bits per heavy atom. The molecule has 0 saturated carbocycles. The standard InChI is InChI=1S/C14H17FN2O2/c15-8-1-4-12(13(18)5-8)14(19)17-11-6-9-2-3-10(7-11)16-9/h1,4-5,9-11,16,18H,2-3,6-7H2,(H,17,19). The van der Waals surface area contributed by atoms with E-state index < -0.39 is 5.82 Å². The van der Waals surface area contributed by atoms with Crippen molar-refractivity contribution in [3.63, 3.8) is 0 Å². The third-order valence-electron chi connectivity index (χ3n) is 4.01. The number of amides is 1. The van der Waals surface area contributed by atoms with Crippen LogP contribution in [0, 0.1) is 5.82 Å². The van der Waals surface area contributed by atoms with Crippen LogP contribution in [-0.4, -0.2) is 29.1 Å². The number of carbonyl (C=O) groups excluding carboxylic acids is 1. The van der Waals surface area contributed by atoms with Crippen molar-refractivity contribution in [3.05, 3.63) is 29.6 Å². The molecule has 3 rings (SSSR count). The summed E-state index contributed by atoms with van der Waals surface area (Å²) in [6.45, 7) is 0. The third kappa shape index (κ3) is 2.56. The highest BCUT2D eigenvalue weighted by molar-refractivity contribution is 5.96. The van der Waals surface area contributed by atoms with E-state index in [4.69, 9.17) is 0 Å². The number of nitrogens with one attached hydrogen (secondary N) is 2. The Kier molecular flexibility index (Phi) is 3.14. The maximum atomic E-state index is 12.9. The molecule has 0 spiro atoms. The van der Waals surface area contributed by atoms with Gasteiger partial charge in [-0.2, -0.15) is 0 Å². The molecule has 2 heterocycles. The fourth-order valence-electron chi connectivity index (χ4n) is 3.14. The highest BCUT2D eigenvalue weighted by atomic mass is 19.1. The molecule has 2 fully saturated rings. The van der Waals surface area contributed by atoms with Crippen molar-refractivity contribution in [1.29, 1.82) is 0 Å². The Labute approximate surface area is 111 Å². The Balaban J connectivity index is 1.68. The number of halogens is 1. The first kappa shape index (κ1) is 12.4. The summed E-state index contributed by atoms with van der Waals surface area (Å²) in [5.41, 5.74) is 0.132. The van der Waals surface area contributed by atoms with Crippen LogP contribution in [0.3, 0.4) is 0 Å². The smallest absolute Gasteiger partial charge is 0.255 e. The van der Waals surface area contributed by atoms with Crippen LogP contribution in [-0.2, 0) is 0 Å². The second kappa shape index (κ2) is 4.81. The summed E-state index contributed by atoms with van der Waals surface area (Å²) in [4.78, 5) is 12.1. The SMILES string of the molecule is O=C(NC1CC2CCC(C1)N2)c1ccc(F)cc1O. The van der Waals surface area contributed by atoms with E-state index in [1.165, 1.54) is 25.0 Å². The summed E-state index contributed by atoms with van der Waals surface area (Å²) < 4.78 is 12.9. The van der Waals surface area contributed by atoms with Crippen LogP contribution in [0.25, 0.3) is 0 Å².